The summed E-state index contributed by atoms with van der Waals surface area (Å²) in [5.74, 6) is 1.56. The summed E-state index contributed by atoms with van der Waals surface area (Å²) in [4.78, 5) is 14.0. The molecule has 0 aromatic rings. The van der Waals surface area contributed by atoms with Crippen LogP contribution >= 0.6 is 11.8 Å². The number of likely N-dealkylation sites (tertiary alicyclic amines) is 1. The second kappa shape index (κ2) is 5.41. The molecular formula is C12H22N2OS. The Morgan fingerprint density at radius 1 is 1.44 bits per heavy atom. The number of hydrogen-bond acceptors (Lipinski definition) is 3. The van der Waals surface area contributed by atoms with Gasteiger partial charge in [-0.25, -0.2) is 0 Å². The first kappa shape index (κ1) is 12.2. The van der Waals surface area contributed by atoms with E-state index in [0.717, 1.165) is 39.0 Å². The number of piperidine rings is 1. The number of amides is 1. The molecule has 0 aromatic carbocycles. The van der Waals surface area contributed by atoms with E-state index in [1.165, 1.54) is 18.6 Å². The molecule has 0 radical (unpaired) electrons. The van der Waals surface area contributed by atoms with Crippen molar-refractivity contribution in [2.24, 2.45) is 5.41 Å². The first-order valence-corrected chi connectivity index (χ1v) is 7.63. The zero-order valence-electron chi connectivity index (χ0n) is 10.1. The third kappa shape index (κ3) is 2.72. The minimum absolute atomic E-state index is 0.321. The Bertz CT molecular complexity index is 251. The fourth-order valence-corrected chi connectivity index (χ4v) is 3.29. The molecule has 4 heteroatoms. The van der Waals surface area contributed by atoms with Crippen molar-refractivity contribution in [2.45, 2.75) is 25.7 Å². The number of nitrogens with one attached hydrogen (secondary N) is 1. The van der Waals surface area contributed by atoms with E-state index in [2.05, 4.69) is 16.5 Å². The molecular weight excluding hydrogens is 220 g/mol. The number of carbonyl (C=O) groups excluding carboxylic acids is 1. The molecule has 0 aromatic heterocycles. The number of nitrogens with zero attached hydrogens (tertiary/aromatic N) is 1. The van der Waals surface area contributed by atoms with Gasteiger partial charge in [-0.1, -0.05) is 0 Å². The molecule has 0 aliphatic carbocycles. The monoisotopic (exact) mass is 242 g/mol. The summed E-state index contributed by atoms with van der Waals surface area (Å²) in [6.45, 7) is 4.16. The minimum Gasteiger partial charge on any atom is -0.342 e. The Morgan fingerprint density at radius 2 is 2.19 bits per heavy atom. The van der Waals surface area contributed by atoms with Crippen molar-refractivity contribution in [1.29, 1.82) is 0 Å². The van der Waals surface area contributed by atoms with Gasteiger partial charge in [0.2, 0.25) is 5.91 Å². The van der Waals surface area contributed by atoms with Crippen LogP contribution in [-0.4, -0.2) is 49.0 Å². The molecule has 1 amide bonds. The van der Waals surface area contributed by atoms with Crippen molar-refractivity contribution in [3.63, 3.8) is 0 Å². The molecule has 2 aliphatic rings. The highest BCUT2D eigenvalue weighted by molar-refractivity contribution is 7.98. The van der Waals surface area contributed by atoms with E-state index in [-0.39, 0.29) is 0 Å². The van der Waals surface area contributed by atoms with Gasteiger partial charge in [0.15, 0.2) is 0 Å². The fraction of sp³-hybridized carbons (Fsp3) is 0.917. The van der Waals surface area contributed by atoms with Gasteiger partial charge in [0.25, 0.3) is 0 Å². The number of carbonyl (C=O) groups is 1. The third-order valence-electron chi connectivity index (χ3n) is 3.85. The zero-order chi connectivity index (χ0) is 11.4. The lowest BCUT2D eigenvalue weighted by Gasteiger charge is -2.33. The van der Waals surface area contributed by atoms with Crippen LogP contribution in [0, 0.1) is 5.41 Å². The number of hydrogen-bond donors (Lipinski definition) is 1. The van der Waals surface area contributed by atoms with Crippen LogP contribution < -0.4 is 5.32 Å². The molecule has 0 saturated carbocycles. The second-order valence-electron chi connectivity index (χ2n) is 5.09. The second-order valence-corrected chi connectivity index (χ2v) is 6.07. The first-order chi connectivity index (χ1) is 7.76. The van der Waals surface area contributed by atoms with E-state index >= 15 is 0 Å². The van der Waals surface area contributed by atoms with Crippen LogP contribution in [0.5, 0.6) is 0 Å². The Hall–Kier alpha value is -0.220. The Morgan fingerprint density at radius 3 is 2.88 bits per heavy atom. The highest BCUT2D eigenvalue weighted by Gasteiger charge is 2.43. The molecule has 2 saturated heterocycles. The zero-order valence-corrected chi connectivity index (χ0v) is 10.9. The van der Waals surface area contributed by atoms with Gasteiger partial charge < -0.3 is 10.2 Å². The molecule has 2 aliphatic heterocycles. The van der Waals surface area contributed by atoms with Crippen LogP contribution in [0.2, 0.25) is 0 Å². The molecule has 2 heterocycles. The van der Waals surface area contributed by atoms with Crippen molar-refractivity contribution in [3.8, 4) is 0 Å². The highest BCUT2D eigenvalue weighted by atomic mass is 32.2. The van der Waals surface area contributed by atoms with E-state index in [1.807, 2.05) is 11.8 Å². The smallest absolute Gasteiger partial charge is 0.223 e. The maximum absolute atomic E-state index is 11.9. The Labute approximate surface area is 102 Å². The van der Waals surface area contributed by atoms with Gasteiger partial charge in [-0.3, -0.25) is 4.79 Å². The van der Waals surface area contributed by atoms with E-state index in [1.54, 1.807) is 0 Å². The summed E-state index contributed by atoms with van der Waals surface area (Å²) >= 11 is 1.87. The van der Waals surface area contributed by atoms with Crippen LogP contribution in [0.3, 0.4) is 0 Å². The maximum atomic E-state index is 11.9. The highest BCUT2D eigenvalue weighted by Crippen LogP contribution is 2.39. The van der Waals surface area contributed by atoms with Crippen molar-refractivity contribution in [1.82, 2.24) is 10.2 Å². The largest absolute Gasteiger partial charge is 0.342 e. The summed E-state index contributed by atoms with van der Waals surface area (Å²) in [6.07, 6.45) is 6.42. The van der Waals surface area contributed by atoms with Crippen LogP contribution in [-0.2, 0) is 4.79 Å². The average Bonchev–Trinajstić information content (AvgIpc) is 2.57. The number of thioether (sulfide) groups is 1. The van der Waals surface area contributed by atoms with Crippen molar-refractivity contribution in [3.05, 3.63) is 0 Å². The Kier molecular flexibility index (Phi) is 4.14. The lowest BCUT2D eigenvalue weighted by molar-refractivity contribution is -0.127. The summed E-state index contributed by atoms with van der Waals surface area (Å²) < 4.78 is 0. The minimum atomic E-state index is 0.321. The summed E-state index contributed by atoms with van der Waals surface area (Å²) in [6, 6.07) is 0. The lowest BCUT2D eigenvalue weighted by Crippen LogP contribution is -2.38. The van der Waals surface area contributed by atoms with E-state index in [9.17, 15) is 4.79 Å². The van der Waals surface area contributed by atoms with Gasteiger partial charge in [0.05, 0.1) is 0 Å². The molecule has 0 bridgehead atoms. The summed E-state index contributed by atoms with van der Waals surface area (Å²) in [5.41, 5.74) is 0.321. The van der Waals surface area contributed by atoms with E-state index in [0.29, 0.717) is 11.3 Å². The molecule has 16 heavy (non-hydrogen) atoms. The molecule has 0 atom stereocenters. The van der Waals surface area contributed by atoms with Gasteiger partial charge in [0, 0.05) is 19.5 Å². The topological polar surface area (TPSA) is 32.3 Å². The van der Waals surface area contributed by atoms with Gasteiger partial charge in [0.1, 0.15) is 0 Å². The van der Waals surface area contributed by atoms with Crippen LogP contribution in [0.4, 0.5) is 0 Å². The van der Waals surface area contributed by atoms with Crippen LogP contribution in [0.25, 0.3) is 0 Å². The molecule has 3 nitrogen and oxygen atoms in total. The molecule has 92 valence electrons. The van der Waals surface area contributed by atoms with Gasteiger partial charge >= 0.3 is 0 Å². The Balaban J connectivity index is 1.85. The predicted molar refractivity (Wildman–Crippen MR) is 68.7 cm³/mol. The van der Waals surface area contributed by atoms with Crippen molar-refractivity contribution in [2.75, 3.05) is 38.2 Å². The van der Waals surface area contributed by atoms with Gasteiger partial charge in [-0.15, -0.1) is 0 Å². The number of rotatable bonds is 4. The summed E-state index contributed by atoms with van der Waals surface area (Å²) in [7, 11) is 0. The fourth-order valence-electron chi connectivity index (χ4n) is 2.88. The standard InChI is InChI=1S/C12H22N2OS/c1-16-8-2-7-14-10-12(9-11(14)15)3-5-13-6-4-12/h13H,2-10H2,1H3. The molecule has 1 spiro atoms. The van der Waals surface area contributed by atoms with Crippen molar-refractivity contribution < 1.29 is 4.79 Å². The van der Waals surface area contributed by atoms with Crippen LogP contribution in [0.1, 0.15) is 25.7 Å². The molecule has 0 unspecified atom stereocenters. The average molecular weight is 242 g/mol. The summed E-state index contributed by atoms with van der Waals surface area (Å²) in [5, 5.41) is 3.38. The van der Waals surface area contributed by atoms with E-state index < -0.39 is 0 Å². The predicted octanol–water partition coefficient (Wildman–Crippen LogP) is 1.34. The molecule has 2 fully saturated rings. The van der Waals surface area contributed by atoms with Gasteiger partial charge in [-0.2, -0.15) is 11.8 Å². The quantitative estimate of drug-likeness (QED) is 0.755. The van der Waals surface area contributed by atoms with Gasteiger partial charge in [-0.05, 0) is 49.8 Å². The lowest BCUT2D eigenvalue weighted by atomic mass is 9.78. The van der Waals surface area contributed by atoms with Crippen molar-refractivity contribution >= 4 is 17.7 Å². The normalized spacial score (nSPS) is 24.3. The van der Waals surface area contributed by atoms with E-state index in [4.69, 9.17) is 0 Å². The molecule has 1 N–H and O–H groups in total. The van der Waals surface area contributed by atoms with Crippen LogP contribution in [0.15, 0.2) is 0 Å². The molecule has 2 rings (SSSR count). The first-order valence-electron chi connectivity index (χ1n) is 6.23. The third-order valence-corrected chi connectivity index (χ3v) is 4.54. The SMILES string of the molecule is CSCCCN1CC2(CCNCC2)CC1=O. The maximum Gasteiger partial charge on any atom is 0.223 e.